The molecule has 0 heterocycles. The Morgan fingerprint density at radius 2 is 2.00 bits per heavy atom. The number of aryl methyl sites for hydroxylation is 1. The third-order valence-electron chi connectivity index (χ3n) is 2.81. The predicted octanol–water partition coefficient (Wildman–Crippen LogP) is 3.86. The van der Waals surface area contributed by atoms with Crippen molar-refractivity contribution in [1.29, 1.82) is 0 Å². The first-order valence-corrected chi connectivity index (χ1v) is 5.50. The molecular formula is C13H20O. The largest absolute Gasteiger partial charge is 0.508 e. The SMILES string of the molecule is CCCc1ccc(C(C)CC)cc1O. The highest BCUT2D eigenvalue weighted by molar-refractivity contribution is 5.37. The standard InChI is InChI=1S/C13H20O/c1-4-6-11-7-8-12(9-13(11)14)10(3)5-2/h7-10,14H,4-6H2,1-3H3. The highest BCUT2D eigenvalue weighted by atomic mass is 16.3. The molecule has 14 heavy (non-hydrogen) atoms. The zero-order valence-corrected chi connectivity index (χ0v) is 9.38. The van der Waals surface area contributed by atoms with E-state index in [2.05, 4.69) is 32.9 Å². The number of phenolic OH excluding ortho intramolecular Hbond substituents is 1. The molecule has 1 atom stereocenters. The molecule has 1 rings (SSSR count). The first-order chi connectivity index (χ1) is 6.69. The van der Waals surface area contributed by atoms with Crippen LogP contribution in [0.1, 0.15) is 50.7 Å². The fourth-order valence-electron chi connectivity index (χ4n) is 1.60. The molecule has 0 amide bonds. The number of hydrogen-bond donors (Lipinski definition) is 1. The van der Waals surface area contributed by atoms with Gasteiger partial charge in [0.15, 0.2) is 0 Å². The number of benzene rings is 1. The van der Waals surface area contributed by atoms with Crippen LogP contribution in [0.3, 0.4) is 0 Å². The van der Waals surface area contributed by atoms with Gasteiger partial charge < -0.3 is 5.11 Å². The van der Waals surface area contributed by atoms with E-state index in [1.807, 2.05) is 6.07 Å². The molecule has 0 aliphatic carbocycles. The van der Waals surface area contributed by atoms with Gasteiger partial charge in [-0.3, -0.25) is 0 Å². The summed E-state index contributed by atoms with van der Waals surface area (Å²) in [7, 11) is 0. The van der Waals surface area contributed by atoms with E-state index in [4.69, 9.17) is 0 Å². The van der Waals surface area contributed by atoms with Crippen LogP contribution in [0, 0.1) is 0 Å². The first-order valence-electron chi connectivity index (χ1n) is 5.50. The van der Waals surface area contributed by atoms with E-state index in [0.29, 0.717) is 11.7 Å². The van der Waals surface area contributed by atoms with Crippen LogP contribution in [0.2, 0.25) is 0 Å². The fraction of sp³-hybridized carbons (Fsp3) is 0.538. The van der Waals surface area contributed by atoms with Crippen molar-refractivity contribution < 1.29 is 5.11 Å². The van der Waals surface area contributed by atoms with Crippen molar-refractivity contribution in [1.82, 2.24) is 0 Å². The number of aromatic hydroxyl groups is 1. The predicted molar refractivity (Wildman–Crippen MR) is 60.8 cm³/mol. The monoisotopic (exact) mass is 192 g/mol. The van der Waals surface area contributed by atoms with Crippen molar-refractivity contribution >= 4 is 0 Å². The smallest absolute Gasteiger partial charge is 0.119 e. The molecule has 0 radical (unpaired) electrons. The Morgan fingerprint density at radius 3 is 2.50 bits per heavy atom. The summed E-state index contributed by atoms with van der Waals surface area (Å²) in [6.07, 6.45) is 3.16. The molecule has 0 bridgehead atoms. The lowest BCUT2D eigenvalue weighted by Crippen LogP contribution is -1.92. The van der Waals surface area contributed by atoms with Crippen LogP contribution in [0.15, 0.2) is 18.2 Å². The molecule has 1 aromatic carbocycles. The third kappa shape index (κ3) is 2.50. The molecular weight excluding hydrogens is 172 g/mol. The van der Waals surface area contributed by atoms with E-state index in [1.165, 1.54) is 5.56 Å². The second-order valence-corrected chi connectivity index (χ2v) is 3.95. The van der Waals surface area contributed by atoms with E-state index < -0.39 is 0 Å². The Kier molecular flexibility index (Phi) is 3.99. The van der Waals surface area contributed by atoms with E-state index in [-0.39, 0.29) is 0 Å². The van der Waals surface area contributed by atoms with Crippen LogP contribution in [-0.4, -0.2) is 5.11 Å². The molecule has 1 heteroatoms. The molecule has 0 aromatic heterocycles. The summed E-state index contributed by atoms with van der Waals surface area (Å²) in [5.74, 6) is 1.00. The summed E-state index contributed by atoms with van der Waals surface area (Å²) in [5, 5.41) is 9.77. The lowest BCUT2D eigenvalue weighted by atomic mass is 9.96. The van der Waals surface area contributed by atoms with Crippen LogP contribution in [0.4, 0.5) is 0 Å². The lowest BCUT2D eigenvalue weighted by molar-refractivity contribution is 0.466. The molecule has 0 saturated carbocycles. The van der Waals surface area contributed by atoms with Crippen LogP contribution in [-0.2, 0) is 6.42 Å². The Hall–Kier alpha value is -0.980. The Balaban J connectivity index is 2.88. The van der Waals surface area contributed by atoms with Crippen molar-refractivity contribution in [2.45, 2.75) is 46.0 Å². The maximum atomic E-state index is 9.77. The summed E-state index contributed by atoms with van der Waals surface area (Å²) in [6, 6.07) is 6.11. The lowest BCUT2D eigenvalue weighted by Gasteiger charge is -2.11. The minimum atomic E-state index is 0.463. The van der Waals surface area contributed by atoms with Crippen LogP contribution < -0.4 is 0 Å². The van der Waals surface area contributed by atoms with Crippen LogP contribution in [0.5, 0.6) is 5.75 Å². The van der Waals surface area contributed by atoms with Gasteiger partial charge in [-0.1, -0.05) is 39.3 Å². The molecule has 78 valence electrons. The summed E-state index contributed by atoms with van der Waals surface area (Å²) < 4.78 is 0. The highest BCUT2D eigenvalue weighted by Crippen LogP contribution is 2.26. The maximum absolute atomic E-state index is 9.77. The van der Waals surface area contributed by atoms with Gasteiger partial charge in [-0.05, 0) is 36.0 Å². The van der Waals surface area contributed by atoms with Gasteiger partial charge in [0.1, 0.15) is 5.75 Å². The summed E-state index contributed by atoms with van der Waals surface area (Å²) >= 11 is 0. The van der Waals surface area contributed by atoms with Gasteiger partial charge in [-0.25, -0.2) is 0 Å². The average Bonchev–Trinajstić information content (AvgIpc) is 2.20. The molecule has 1 N–H and O–H groups in total. The second-order valence-electron chi connectivity index (χ2n) is 3.95. The van der Waals surface area contributed by atoms with Gasteiger partial charge >= 0.3 is 0 Å². The van der Waals surface area contributed by atoms with E-state index in [0.717, 1.165) is 24.8 Å². The zero-order valence-electron chi connectivity index (χ0n) is 9.38. The van der Waals surface area contributed by atoms with Crippen LogP contribution in [0.25, 0.3) is 0 Å². The molecule has 1 nitrogen and oxygen atoms in total. The van der Waals surface area contributed by atoms with Crippen molar-refractivity contribution in [2.75, 3.05) is 0 Å². The Morgan fingerprint density at radius 1 is 1.29 bits per heavy atom. The summed E-state index contributed by atoms with van der Waals surface area (Å²) in [4.78, 5) is 0. The quantitative estimate of drug-likeness (QED) is 0.768. The van der Waals surface area contributed by atoms with Crippen molar-refractivity contribution in [3.8, 4) is 5.75 Å². The molecule has 1 unspecified atom stereocenters. The fourth-order valence-corrected chi connectivity index (χ4v) is 1.60. The van der Waals surface area contributed by atoms with Gasteiger partial charge in [0.05, 0.1) is 0 Å². The van der Waals surface area contributed by atoms with Crippen LogP contribution >= 0.6 is 0 Å². The van der Waals surface area contributed by atoms with Crippen molar-refractivity contribution in [2.24, 2.45) is 0 Å². The molecule has 0 aliphatic heterocycles. The van der Waals surface area contributed by atoms with Crippen molar-refractivity contribution in [3.63, 3.8) is 0 Å². The number of rotatable bonds is 4. The summed E-state index contributed by atoms with van der Waals surface area (Å²) in [5.41, 5.74) is 2.31. The van der Waals surface area contributed by atoms with Gasteiger partial charge in [-0.2, -0.15) is 0 Å². The van der Waals surface area contributed by atoms with Crippen molar-refractivity contribution in [3.05, 3.63) is 29.3 Å². The van der Waals surface area contributed by atoms with Gasteiger partial charge in [0.2, 0.25) is 0 Å². The topological polar surface area (TPSA) is 20.2 Å². The second kappa shape index (κ2) is 5.04. The highest BCUT2D eigenvalue weighted by Gasteiger charge is 2.06. The molecule has 0 saturated heterocycles. The van der Waals surface area contributed by atoms with Gasteiger partial charge in [-0.15, -0.1) is 0 Å². The van der Waals surface area contributed by atoms with E-state index in [9.17, 15) is 5.11 Å². The van der Waals surface area contributed by atoms with Gasteiger partial charge in [0.25, 0.3) is 0 Å². The minimum absolute atomic E-state index is 0.463. The number of phenols is 1. The molecule has 0 aliphatic rings. The average molecular weight is 192 g/mol. The van der Waals surface area contributed by atoms with E-state index >= 15 is 0 Å². The normalized spacial score (nSPS) is 12.8. The molecule has 1 aromatic rings. The Labute approximate surface area is 86.8 Å². The van der Waals surface area contributed by atoms with E-state index in [1.54, 1.807) is 0 Å². The molecule has 0 fully saturated rings. The zero-order chi connectivity index (χ0) is 10.6. The first kappa shape index (κ1) is 11.1. The number of hydrogen-bond acceptors (Lipinski definition) is 1. The molecule has 0 spiro atoms. The van der Waals surface area contributed by atoms with Gasteiger partial charge in [0, 0.05) is 0 Å². The summed E-state index contributed by atoms with van der Waals surface area (Å²) in [6.45, 7) is 6.48. The minimum Gasteiger partial charge on any atom is -0.508 e. The third-order valence-corrected chi connectivity index (χ3v) is 2.81. The Bertz CT molecular complexity index is 291. The maximum Gasteiger partial charge on any atom is 0.119 e.